The molecule has 1 heterocycles. The van der Waals surface area contributed by atoms with Gasteiger partial charge in [0.2, 0.25) is 0 Å². The van der Waals surface area contributed by atoms with Gasteiger partial charge in [-0.15, -0.1) is 0 Å². The molecule has 0 saturated carbocycles. The highest BCUT2D eigenvalue weighted by atomic mass is 14.7. The standard InChI is InChI=1S/C9H12N2/c1-7-8(4-10)5-11-6-9(7,2)3/h5H,6H2,1-3H3. The lowest BCUT2D eigenvalue weighted by atomic mass is 9.81. The largest absolute Gasteiger partial charge is 0.291 e. The monoisotopic (exact) mass is 148 g/mol. The molecule has 0 aliphatic carbocycles. The Hall–Kier alpha value is -1.10. The van der Waals surface area contributed by atoms with Crippen LogP contribution in [0.1, 0.15) is 20.8 Å². The molecule has 1 aliphatic rings. The molecule has 0 bridgehead atoms. The third-order valence-corrected chi connectivity index (χ3v) is 2.25. The maximum Gasteiger partial charge on any atom is 0.101 e. The fraction of sp³-hybridized carbons (Fsp3) is 0.556. The third kappa shape index (κ3) is 1.32. The topological polar surface area (TPSA) is 36.1 Å². The van der Waals surface area contributed by atoms with Crippen LogP contribution in [0.2, 0.25) is 0 Å². The van der Waals surface area contributed by atoms with Crippen molar-refractivity contribution in [2.45, 2.75) is 20.8 Å². The van der Waals surface area contributed by atoms with Crippen molar-refractivity contribution >= 4 is 6.21 Å². The van der Waals surface area contributed by atoms with E-state index in [2.05, 4.69) is 24.9 Å². The molecule has 1 aliphatic heterocycles. The van der Waals surface area contributed by atoms with E-state index >= 15 is 0 Å². The minimum Gasteiger partial charge on any atom is -0.291 e. The van der Waals surface area contributed by atoms with Crippen LogP contribution in [0.15, 0.2) is 16.1 Å². The van der Waals surface area contributed by atoms with Crippen molar-refractivity contribution in [2.75, 3.05) is 6.54 Å². The molecule has 0 saturated heterocycles. The first kappa shape index (κ1) is 8.00. The van der Waals surface area contributed by atoms with Crippen LogP contribution in [0, 0.1) is 16.7 Å². The lowest BCUT2D eigenvalue weighted by Gasteiger charge is -2.26. The summed E-state index contributed by atoms with van der Waals surface area (Å²) < 4.78 is 0. The molecular formula is C9H12N2. The predicted octanol–water partition coefficient (Wildman–Crippen LogP) is 1.94. The Morgan fingerprint density at radius 2 is 2.27 bits per heavy atom. The van der Waals surface area contributed by atoms with Crippen LogP contribution in [0.25, 0.3) is 0 Å². The van der Waals surface area contributed by atoms with Crippen molar-refractivity contribution in [1.82, 2.24) is 0 Å². The highest BCUT2D eigenvalue weighted by molar-refractivity contribution is 5.86. The fourth-order valence-electron chi connectivity index (χ4n) is 1.06. The van der Waals surface area contributed by atoms with Crippen LogP contribution in [0.5, 0.6) is 0 Å². The van der Waals surface area contributed by atoms with E-state index in [4.69, 9.17) is 5.26 Å². The summed E-state index contributed by atoms with van der Waals surface area (Å²) in [6.45, 7) is 7.01. The highest BCUT2D eigenvalue weighted by Gasteiger charge is 2.24. The molecule has 0 radical (unpaired) electrons. The van der Waals surface area contributed by atoms with E-state index in [9.17, 15) is 0 Å². The van der Waals surface area contributed by atoms with Gasteiger partial charge in [-0.1, -0.05) is 13.8 Å². The smallest absolute Gasteiger partial charge is 0.101 e. The first-order valence-electron chi connectivity index (χ1n) is 3.69. The van der Waals surface area contributed by atoms with E-state index in [-0.39, 0.29) is 5.41 Å². The molecule has 0 aromatic rings. The van der Waals surface area contributed by atoms with Crippen molar-refractivity contribution in [2.24, 2.45) is 10.4 Å². The summed E-state index contributed by atoms with van der Waals surface area (Å²) in [5.74, 6) is 0. The Kier molecular flexibility index (Phi) is 1.82. The quantitative estimate of drug-likeness (QED) is 0.517. The summed E-state index contributed by atoms with van der Waals surface area (Å²) in [6.07, 6.45) is 1.67. The van der Waals surface area contributed by atoms with Gasteiger partial charge in [0.05, 0.1) is 5.57 Å². The number of aliphatic imine (C=N–C) groups is 1. The number of dihydropyridines is 1. The van der Waals surface area contributed by atoms with E-state index in [1.54, 1.807) is 6.21 Å². The zero-order valence-electron chi connectivity index (χ0n) is 7.18. The molecule has 2 nitrogen and oxygen atoms in total. The van der Waals surface area contributed by atoms with Gasteiger partial charge in [0.15, 0.2) is 0 Å². The van der Waals surface area contributed by atoms with Crippen LogP contribution in [0.4, 0.5) is 0 Å². The van der Waals surface area contributed by atoms with Gasteiger partial charge in [-0.3, -0.25) is 4.99 Å². The van der Waals surface area contributed by atoms with Gasteiger partial charge < -0.3 is 0 Å². The predicted molar refractivity (Wildman–Crippen MR) is 45.5 cm³/mol. The minimum absolute atomic E-state index is 0.0693. The number of rotatable bonds is 0. The lowest BCUT2D eigenvalue weighted by molar-refractivity contribution is 0.456. The summed E-state index contributed by atoms with van der Waals surface area (Å²) in [5.41, 5.74) is 1.94. The number of hydrogen-bond donors (Lipinski definition) is 0. The first-order chi connectivity index (χ1) is 5.08. The van der Waals surface area contributed by atoms with Gasteiger partial charge >= 0.3 is 0 Å². The molecule has 0 unspecified atom stereocenters. The SMILES string of the molecule is CC1=C(C#N)C=NCC1(C)C. The molecule has 58 valence electrons. The second kappa shape index (κ2) is 2.50. The zero-order valence-corrected chi connectivity index (χ0v) is 7.18. The van der Waals surface area contributed by atoms with Crippen molar-refractivity contribution in [3.05, 3.63) is 11.1 Å². The summed E-state index contributed by atoms with van der Waals surface area (Å²) in [5, 5.41) is 8.69. The van der Waals surface area contributed by atoms with E-state index in [0.717, 1.165) is 17.7 Å². The Bertz CT molecular complexity index is 264. The van der Waals surface area contributed by atoms with Gasteiger partial charge in [0, 0.05) is 18.2 Å². The minimum atomic E-state index is 0.0693. The van der Waals surface area contributed by atoms with Gasteiger partial charge in [-0.05, 0) is 12.5 Å². The molecule has 1 rings (SSSR count). The normalized spacial score (nSPS) is 21.6. The van der Waals surface area contributed by atoms with E-state index in [1.165, 1.54) is 0 Å². The van der Waals surface area contributed by atoms with Gasteiger partial charge in [-0.2, -0.15) is 5.26 Å². The maximum atomic E-state index is 8.69. The lowest BCUT2D eigenvalue weighted by Crippen LogP contribution is -2.22. The molecule has 0 aromatic carbocycles. The highest BCUT2D eigenvalue weighted by Crippen LogP contribution is 2.30. The second-order valence-corrected chi connectivity index (χ2v) is 3.50. The first-order valence-corrected chi connectivity index (χ1v) is 3.69. The number of nitriles is 1. The van der Waals surface area contributed by atoms with E-state index < -0.39 is 0 Å². The molecule has 0 N–H and O–H groups in total. The summed E-state index contributed by atoms with van der Waals surface area (Å²) in [7, 11) is 0. The summed E-state index contributed by atoms with van der Waals surface area (Å²) in [6, 6.07) is 2.14. The van der Waals surface area contributed by atoms with Crippen molar-refractivity contribution < 1.29 is 0 Å². The molecule has 2 heteroatoms. The summed E-state index contributed by atoms with van der Waals surface area (Å²) >= 11 is 0. The van der Waals surface area contributed by atoms with Crippen molar-refractivity contribution in [1.29, 1.82) is 5.26 Å². The Morgan fingerprint density at radius 1 is 1.64 bits per heavy atom. The van der Waals surface area contributed by atoms with Crippen molar-refractivity contribution in [3.63, 3.8) is 0 Å². The average molecular weight is 148 g/mol. The zero-order chi connectivity index (χ0) is 8.48. The molecule has 0 fully saturated rings. The van der Waals surface area contributed by atoms with E-state index in [0.29, 0.717) is 0 Å². The molecule has 0 atom stereocenters. The number of nitrogens with zero attached hydrogens (tertiary/aromatic N) is 2. The fourth-order valence-corrected chi connectivity index (χ4v) is 1.06. The third-order valence-electron chi connectivity index (χ3n) is 2.25. The van der Waals surface area contributed by atoms with Gasteiger partial charge in [-0.25, -0.2) is 0 Å². The van der Waals surface area contributed by atoms with Crippen LogP contribution >= 0.6 is 0 Å². The van der Waals surface area contributed by atoms with Gasteiger partial charge in [0.25, 0.3) is 0 Å². The maximum absolute atomic E-state index is 8.69. The van der Waals surface area contributed by atoms with Crippen molar-refractivity contribution in [3.8, 4) is 6.07 Å². The molecular weight excluding hydrogens is 136 g/mol. The van der Waals surface area contributed by atoms with Crippen LogP contribution in [0.3, 0.4) is 0 Å². The van der Waals surface area contributed by atoms with Crippen LogP contribution in [-0.4, -0.2) is 12.8 Å². The molecule has 0 aromatic heterocycles. The molecule has 0 amide bonds. The Morgan fingerprint density at radius 3 is 2.73 bits per heavy atom. The van der Waals surface area contributed by atoms with Crippen LogP contribution < -0.4 is 0 Å². The summed E-state index contributed by atoms with van der Waals surface area (Å²) in [4.78, 5) is 4.13. The number of hydrogen-bond acceptors (Lipinski definition) is 2. The average Bonchev–Trinajstić information content (AvgIpc) is 1.95. The van der Waals surface area contributed by atoms with Crippen LogP contribution in [-0.2, 0) is 0 Å². The van der Waals surface area contributed by atoms with E-state index in [1.807, 2.05) is 6.92 Å². The molecule has 0 spiro atoms. The van der Waals surface area contributed by atoms with Gasteiger partial charge in [0.1, 0.15) is 6.07 Å². The molecule has 11 heavy (non-hydrogen) atoms. The number of allylic oxidation sites excluding steroid dienone is 1. The second-order valence-electron chi connectivity index (χ2n) is 3.50. The Labute approximate surface area is 67.3 Å². The Balaban J connectivity index is 3.10.